The Morgan fingerprint density at radius 2 is 1.79 bits per heavy atom. The zero-order chi connectivity index (χ0) is 37.5. The van der Waals surface area contributed by atoms with Crippen LogP contribution in [-0.4, -0.2) is 87.5 Å². The average molecular weight is 747 g/mol. The van der Waals surface area contributed by atoms with Crippen molar-refractivity contribution in [2.45, 2.75) is 114 Å². The van der Waals surface area contributed by atoms with Crippen molar-refractivity contribution in [2.75, 3.05) is 6.54 Å². The van der Waals surface area contributed by atoms with Crippen molar-refractivity contribution < 1.29 is 37.1 Å². The molecule has 0 spiro atoms. The molecule has 3 aromatic rings. The van der Waals surface area contributed by atoms with Gasteiger partial charge in [-0.1, -0.05) is 43.2 Å². The normalized spacial score (nSPS) is 27.6. The van der Waals surface area contributed by atoms with E-state index in [9.17, 15) is 27.6 Å². The molecule has 15 heteroatoms. The van der Waals surface area contributed by atoms with Gasteiger partial charge >= 0.3 is 6.09 Å². The van der Waals surface area contributed by atoms with Gasteiger partial charge in [-0.2, -0.15) is 4.98 Å². The van der Waals surface area contributed by atoms with Gasteiger partial charge < -0.3 is 19.7 Å². The van der Waals surface area contributed by atoms with Gasteiger partial charge in [0.15, 0.2) is 11.4 Å². The Labute approximate surface area is 308 Å². The van der Waals surface area contributed by atoms with Crippen molar-refractivity contribution in [3.63, 3.8) is 0 Å². The summed E-state index contributed by atoms with van der Waals surface area (Å²) in [6.45, 7) is 5.22. The number of Topliss-reactive ketones (excluding diaryl/α,β-unsaturated/α-hetero) is 1. The fourth-order valence-electron chi connectivity index (χ4n) is 7.55. The number of sulfonamides is 1. The van der Waals surface area contributed by atoms with Crippen molar-refractivity contribution in [3.05, 3.63) is 48.9 Å². The van der Waals surface area contributed by atoms with E-state index in [0.717, 1.165) is 30.0 Å². The largest absolute Gasteiger partial charge is 0.472 e. The number of ether oxygens (including phenoxy) is 2. The summed E-state index contributed by atoms with van der Waals surface area (Å²) in [5, 5.41) is 4.45. The minimum atomic E-state index is -3.85. The molecular formula is C38H46N6O8S. The van der Waals surface area contributed by atoms with Crippen LogP contribution in [0, 0.1) is 11.3 Å². The molecule has 0 bridgehead atoms. The number of fused-ring (bicyclic) bond motifs is 5. The maximum atomic E-state index is 14.5. The summed E-state index contributed by atoms with van der Waals surface area (Å²) >= 11 is 0. The van der Waals surface area contributed by atoms with Gasteiger partial charge in [-0.15, -0.1) is 0 Å². The van der Waals surface area contributed by atoms with Gasteiger partial charge in [0, 0.05) is 29.8 Å². The second kappa shape index (κ2) is 14.3. The third-order valence-corrected chi connectivity index (χ3v) is 12.4. The topological polar surface area (TPSA) is 187 Å². The van der Waals surface area contributed by atoms with Gasteiger partial charge in [-0.05, 0) is 76.7 Å². The highest BCUT2D eigenvalue weighted by molar-refractivity contribution is 7.90. The summed E-state index contributed by atoms with van der Waals surface area (Å²) in [5.74, 6) is -1.55. The molecule has 14 nitrogen and oxygen atoms in total. The highest BCUT2D eigenvalue weighted by atomic mass is 32.2. The van der Waals surface area contributed by atoms with Crippen molar-refractivity contribution >= 4 is 55.5 Å². The van der Waals surface area contributed by atoms with Gasteiger partial charge in [0.25, 0.3) is 0 Å². The summed E-state index contributed by atoms with van der Waals surface area (Å²) in [7, 11) is -3.85. The number of allylic oxidation sites excluding steroid dienone is 2. The second-order valence-corrected chi connectivity index (χ2v) is 17.7. The van der Waals surface area contributed by atoms with Crippen LogP contribution < -0.4 is 14.8 Å². The fraction of sp³-hybridized carbons (Fsp3) is 0.553. The van der Waals surface area contributed by atoms with Gasteiger partial charge in [0.1, 0.15) is 24.1 Å². The van der Waals surface area contributed by atoms with Crippen LogP contribution in [0.4, 0.5) is 4.79 Å². The van der Waals surface area contributed by atoms with Crippen LogP contribution in [0.15, 0.2) is 48.9 Å². The molecule has 2 saturated carbocycles. The Bertz CT molecular complexity index is 2080. The third kappa shape index (κ3) is 7.99. The highest BCUT2D eigenvalue weighted by Gasteiger charge is 2.61. The summed E-state index contributed by atoms with van der Waals surface area (Å²) in [5.41, 5.74) is -1.63. The molecule has 5 atom stereocenters. The first-order valence-electron chi connectivity index (χ1n) is 18.4. The van der Waals surface area contributed by atoms with Gasteiger partial charge in [-0.25, -0.2) is 23.2 Å². The monoisotopic (exact) mass is 746 g/mol. The van der Waals surface area contributed by atoms with Crippen molar-refractivity contribution in [3.8, 4) is 5.88 Å². The zero-order valence-electron chi connectivity index (χ0n) is 30.2. The van der Waals surface area contributed by atoms with Gasteiger partial charge in [0.2, 0.25) is 27.7 Å². The molecule has 2 aliphatic heterocycles. The van der Waals surface area contributed by atoms with Gasteiger partial charge in [0.05, 0.1) is 23.3 Å². The molecule has 1 aromatic carbocycles. The maximum absolute atomic E-state index is 14.5. The standard InChI is InChI=1S/C38H46N6O8S/c1-37(2,3)52-36(48)41-29-14-8-6-4-5-7-11-23-18-38(23,35(47)43-53(49,50)25-15-16-25)19-31(45)30-17-24(21-44(30)34(29)46)51-33-27-13-10-9-12-26(27)28-20-39-22-40-32(28)42-33/h7,9-13,20,22-25,29-30H,4-6,8,14-19,21H2,1-3H3,(H,41,48)(H,43,47)/b11-7-/t23-,24-,29+,30+,38-/m1/s1. The number of ketones is 1. The number of carbonyl (C=O) groups excluding carboxylic acids is 4. The summed E-state index contributed by atoms with van der Waals surface area (Å²) in [6, 6.07) is 5.55. The van der Waals surface area contributed by atoms with Crippen LogP contribution in [0.1, 0.15) is 85.0 Å². The number of amides is 3. The molecular weight excluding hydrogens is 701 g/mol. The number of benzene rings is 1. The van der Waals surface area contributed by atoms with E-state index in [1.807, 2.05) is 36.4 Å². The maximum Gasteiger partial charge on any atom is 0.408 e. The van der Waals surface area contributed by atoms with Crippen LogP contribution in [0.5, 0.6) is 5.88 Å². The van der Waals surface area contributed by atoms with E-state index in [0.29, 0.717) is 43.1 Å². The minimum absolute atomic E-state index is 0.0120. The molecule has 3 amide bonds. The molecule has 282 valence electrons. The minimum Gasteiger partial charge on any atom is -0.472 e. The Morgan fingerprint density at radius 1 is 1.02 bits per heavy atom. The van der Waals surface area contributed by atoms with E-state index in [4.69, 9.17) is 9.47 Å². The van der Waals surface area contributed by atoms with Crippen LogP contribution >= 0.6 is 0 Å². The van der Waals surface area contributed by atoms with Crippen LogP contribution in [0.3, 0.4) is 0 Å². The molecule has 0 radical (unpaired) electrons. The Morgan fingerprint density at radius 3 is 2.55 bits per heavy atom. The number of carbonyl (C=O) groups is 4. The smallest absolute Gasteiger partial charge is 0.408 e. The first-order valence-corrected chi connectivity index (χ1v) is 20.0. The zero-order valence-corrected chi connectivity index (χ0v) is 31.1. The summed E-state index contributed by atoms with van der Waals surface area (Å²) in [6.07, 6.45) is 9.98. The number of pyridine rings is 1. The number of rotatable bonds is 6. The molecule has 2 N–H and O–H groups in total. The Balaban J connectivity index is 1.21. The number of hydrogen-bond acceptors (Lipinski definition) is 11. The van der Waals surface area contributed by atoms with E-state index in [1.165, 1.54) is 11.2 Å². The lowest BCUT2D eigenvalue weighted by Crippen LogP contribution is -2.53. The Kier molecular flexibility index (Phi) is 9.89. The number of aromatic nitrogens is 3. The van der Waals surface area contributed by atoms with E-state index in [-0.39, 0.29) is 37.0 Å². The summed E-state index contributed by atoms with van der Waals surface area (Å²) < 4.78 is 40.0. The SMILES string of the molecule is CC(C)(C)OC(=O)N[C@H]1CCCCC/C=C\[C@@H]2C[C@@]2(C(=O)NS(=O)(=O)C2CC2)CC(=O)[C@@H]2C[C@@H](Oc3nc4ncncc4c4ccccc34)CN2C1=O. The molecule has 53 heavy (non-hydrogen) atoms. The number of nitrogens with one attached hydrogen (secondary N) is 2. The van der Waals surface area contributed by atoms with Crippen molar-refractivity contribution in [2.24, 2.45) is 11.3 Å². The van der Waals surface area contributed by atoms with E-state index < -0.39 is 62.4 Å². The number of alkyl carbamates (subject to hydrolysis) is 1. The van der Waals surface area contributed by atoms with E-state index in [1.54, 1.807) is 27.0 Å². The van der Waals surface area contributed by atoms with Crippen LogP contribution in [0.25, 0.3) is 21.8 Å². The predicted octanol–water partition coefficient (Wildman–Crippen LogP) is 4.51. The Hall–Kier alpha value is -4.66. The first kappa shape index (κ1) is 36.7. The van der Waals surface area contributed by atoms with Crippen molar-refractivity contribution in [1.82, 2.24) is 29.9 Å². The van der Waals surface area contributed by atoms with Crippen LogP contribution in [-0.2, 0) is 29.1 Å². The third-order valence-electron chi connectivity index (χ3n) is 10.5. The molecule has 3 fully saturated rings. The lowest BCUT2D eigenvalue weighted by Gasteiger charge is -2.30. The molecule has 4 heterocycles. The first-order chi connectivity index (χ1) is 25.2. The van der Waals surface area contributed by atoms with Crippen molar-refractivity contribution in [1.29, 1.82) is 0 Å². The van der Waals surface area contributed by atoms with Gasteiger partial charge in [-0.3, -0.25) is 19.1 Å². The van der Waals surface area contributed by atoms with E-state index >= 15 is 0 Å². The predicted molar refractivity (Wildman–Crippen MR) is 195 cm³/mol. The lowest BCUT2D eigenvalue weighted by molar-refractivity contribution is -0.140. The molecule has 2 aliphatic carbocycles. The highest BCUT2D eigenvalue weighted by Crippen LogP contribution is 2.57. The molecule has 4 aliphatic rings. The average Bonchev–Trinajstić information content (AvgIpc) is 4.03. The van der Waals surface area contributed by atoms with E-state index in [2.05, 4.69) is 25.0 Å². The lowest BCUT2D eigenvalue weighted by atomic mass is 9.91. The van der Waals surface area contributed by atoms with Crippen LogP contribution in [0.2, 0.25) is 0 Å². The molecule has 2 aromatic heterocycles. The molecule has 0 unspecified atom stereocenters. The number of nitrogens with zero attached hydrogens (tertiary/aromatic N) is 4. The fourth-order valence-corrected chi connectivity index (χ4v) is 8.93. The molecule has 7 rings (SSSR count). The molecule has 1 saturated heterocycles. The number of hydrogen-bond donors (Lipinski definition) is 2. The quantitative estimate of drug-likeness (QED) is 0.267. The summed E-state index contributed by atoms with van der Waals surface area (Å²) in [4.78, 5) is 70.4. The second-order valence-electron chi connectivity index (χ2n) is 15.8.